The molecule has 0 aliphatic carbocycles. The van der Waals surface area contributed by atoms with Gasteiger partial charge in [0.05, 0.1) is 0 Å². The number of hydrogen-bond acceptors (Lipinski definition) is 3. The van der Waals surface area contributed by atoms with Crippen LogP contribution in [-0.4, -0.2) is 42.4 Å². The first-order valence-electron chi connectivity index (χ1n) is 8.92. The van der Waals surface area contributed by atoms with Crippen molar-refractivity contribution in [2.75, 3.05) is 26.2 Å². The second-order valence-electron chi connectivity index (χ2n) is 6.71. The Morgan fingerprint density at radius 2 is 1.58 bits per heavy atom. The third-order valence-corrected chi connectivity index (χ3v) is 4.73. The van der Waals surface area contributed by atoms with Crippen LogP contribution in [0.2, 0.25) is 0 Å². The highest BCUT2D eigenvalue weighted by molar-refractivity contribution is 5.20. The van der Waals surface area contributed by atoms with Crippen molar-refractivity contribution in [1.29, 1.82) is 0 Å². The van der Waals surface area contributed by atoms with Gasteiger partial charge < -0.3 is 14.7 Å². The van der Waals surface area contributed by atoms with Crippen molar-refractivity contribution in [1.82, 2.24) is 4.90 Å². The number of benzene rings is 2. The van der Waals surface area contributed by atoms with Gasteiger partial charge in [0, 0.05) is 6.54 Å². The topological polar surface area (TPSA) is 32.7 Å². The van der Waals surface area contributed by atoms with Crippen LogP contribution in [0.15, 0.2) is 60.7 Å². The van der Waals surface area contributed by atoms with E-state index in [9.17, 15) is 5.11 Å². The molecular formula is C21H27NO2. The predicted octanol–water partition coefficient (Wildman–Crippen LogP) is 3.38. The summed E-state index contributed by atoms with van der Waals surface area (Å²) in [4.78, 5) is 2.36. The lowest BCUT2D eigenvalue weighted by atomic mass is 9.90. The van der Waals surface area contributed by atoms with Gasteiger partial charge in [-0.25, -0.2) is 0 Å². The third kappa shape index (κ3) is 5.36. The minimum Gasteiger partial charge on any atom is -0.491 e. The van der Waals surface area contributed by atoms with E-state index >= 15 is 0 Å². The van der Waals surface area contributed by atoms with Gasteiger partial charge in [-0.2, -0.15) is 0 Å². The maximum atomic E-state index is 10.2. The molecule has 24 heavy (non-hydrogen) atoms. The molecule has 3 heteroatoms. The quantitative estimate of drug-likeness (QED) is 0.847. The number of aliphatic hydroxyl groups is 1. The summed E-state index contributed by atoms with van der Waals surface area (Å²) in [6, 6.07) is 20.4. The monoisotopic (exact) mass is 325 g/mol. The van der Waals surface area contributed by atoms with Crippen LogP contribution in [0, 0.1) is 5.92 Å². The molecular weight excluding hydrogens is 298 g/mol. The number of piperidine rings is 1. The summed E-state index contributed by atoms with van der Waals surface area (Å²) in [5.74, 6) is 1.58. The van der Waals surface area contributed by atoms with Gasteiger partial charge in [-0.1, -0.05) is 48.5 Å². The molecule has 3 nitrogen and oxygen atoms in total. The van der Waals surface area contributed by atoms with E-state index in [0.29, 0.717) is 13.2 Å². The van der Waals surface area contributed by atoms with Gasteiger partial charge in [0.1, 0.15) is 18.5 Å². The molecule has 1 fully saturated rings. The van der Waals surface area contributed by atoms with Gasteiger partial charge in [0.2, 0.25) is 0 Å². The molecule has 0 amide bonds. The molecule has 1 N–H and O–H groups in total. The molecule has 1 heterocycles. The lowest BCUT2D eigenvalue weighted by Crippen LogP contribution is -2.41. The van der Waals surface area contributed by atoms with Crippen LogP contribution in [0.5, 0.6) is 5.75 Å². The van der Waals surface area contributed by atoms with E-state index in [0.717, 1.165) is 24.8 Å². The van der Waals surface area contributed by atoms with Crippen molar-refractivity contribution in [3.05, 3.63) is 66.2 Å². The summed E-state index contributed by atoms with van der Waals surface area (Å²) in [7, 11) is 0. The van der Waals surface area contributed by atoms with Crippen molar-refractivity contribution < 1.29 is 9.84 Å². The van der Waals surface area contributed by atoms with Crippen molar-refractivity contribution in [3.8, 4) is 5.75 Å². The van der Waals surface area contributed by atoms with E-state index < -0.39 is 6.10 Å². The minimum atomic E-state index is -0.434. The van der Waals surface area contributed by atoms with E-state index in [2.05, 4.69) is 35.2 Å². The average molecular weight is 325 g/mol. The maximum absolute atomic E-state index is 10.2. The first-order chi connectivity index (χ1) is 11.8. The Balaban J connectivity index is 1.36. The van der Waals surface area contributed by atoms with E-state index in [1.54, 1.807) is 0 Å². The van der Waals surface area contributed by atoms with E-state index in [-0.39, 0.29) is 0 Å². The summed E-state index contributed by atoms with van der Waals surface area (Å²) in [6.45, 7) is 3.19. The van der Waals surface area contributed by atoms with Crippen LogP contribution in [-0.2, 0) is 6.42 Å². The Hall–Kier alpha value is -1.84. The fourth-order valence-corrected chi connectivity index (χ4v) is 3.38. The Morgan fingerprint density at radius 1 is 0.958 bits per heavy atom. The minimum absolute atomic E-state index is 0.355. The smallest absolute Gasteiger partial charge is 0.119 e. The molecule has 3 rings (SSSR count). The maximum Gasteiger partial charge on any atom is 0.119 e. The highest BCUT2D eigenvalue weighted by atomic mass is 16.5. The lowest BCUT2D eigenvalue weighted by molar-refractivity contribution is 0.0550. The van der Waals surface area contributed by atoms with E-state index in [1.807, 2.05) is 30.3 Å². The SMILES string of the molecule is O[C@@H](COc1ccccc1)CN1CCC(Cc2ccccc2)CC1. The Morgan fingerprint density at radius 3 is 2.25 bits per heavy atom. The molecule has 1 aliphatic rings. The van der Waals surface area contributed by atoms with E-state index in [1.165, 1.54) is 24.8 Å². The number of aliphatic hydroxyl groups excluding tert-OH is 1. The van der Waals surface area contributed by atoms with Crippen LogP contribution >= 0.6 is 0 Å². The fourth-order valence-electron chi connectivity index (χ4n) is 3.38. The molecule has 0 unspecified atom stereocenters. The number of nitrogens with zero attached hydrogens (tertiary/aromatic N) is 1. The van der Waals surface area contributed by atoms with Crippen LogP contribution < -0.4 is 4.74 Å². The lowest BCUT2D eigenvalue weighted by Gasteiger charge is -2.33. The zero-order valence-corrected chi connectivity index (χ0v) is 14.2. The second-order valence-corrected chi connectivity index (χ2v) is 6.71. The van der Waals surface area contributed by atoms with Crippen LogP contribution in [0.1, 0.15) is 18.4 Å². The first-order valence-corrected chi connectivity index (χ1v) is 8.92. The normalized spacial score (nSPS) is 17.5. The predicted molar refractivity (Wildman–Crippen MR) is 97.3 cm³/mol. The molecule has 1 saturated heterocycles. The number of hydrogen-bond donors (Lipinski definition) is 1. The number of para-hydroxylation sites is 1. The highest BCUT2D eigenvalue weighted by Gasteiger charge is 2.21. The third-order valence-electron chi connectivity index (χ3n) is 4.73. The number of β-amino-alcohol motifs (C(OH)–C–C–N with tert-alkyl or cyclic N) is 1. The molecule has 0 saturated carbocycles. The number of rotatable bonds is 7. The average Bonchev–Trinajstić information content (AvgIpc) is 2.63. The van der Waals surface area contributed by atoms with Gasteiger partial charge in [-0.15, -0.1) is 0 Å². The van der Waals surface area contributed by atoms with Gasteiger partial charge in [0.25, 0.3) is 0 Å². The van der Waals surface area contributed by atoms with Crippen molar-refractivity contribution in [3.63, 3.8) is 0 Å². The van der Waals surface area contributed by atoms with Crippen molar-refractivity contribution in [2.45, 2.75) is 25.4 Å². The van der Waals surface area contributed by atoms with E-state index in [4.69, 9.17) is 4.74 Å². The zero-order chi connectivity index (χ0) is 16.6. The molecule has 1 aliphatic heterocycles. The van der Waals surface area contributed by atoms with Crippen LogP contribution in [0.25, 0.3) is 0 Å². The molecule has 0 bridgehead atoms. The molecule has 1 atom stereocenters. The molecule has 0 aromatic heterocycles. The number of likely N-dealkylation sites (tertiary alicyclic amines) is 1. The first kappa shape index (κ1) is 17.0. The summed E-state index contributed by atoms with van der Waals surface area (Å²) in [5, 5.41) is 10.2. The molecule has 0 spiro atoms. The van der Waals surface area contributed by atoms with Crippen molar-refractivity contribution >= 4 is 0 Å². The van der Waals surface area contributed by atoms with Crippen molar-refractivity contribution in [2.24, 2.45) is 5.92 Å². The highest BCUT2D eigenvalue weighted by Crippen LogP contribution is 2.21. The molecule has 2 aromatic carbocycles. The van der Waals surface area contributed by atoms with Gasteiger partial charge in [-0.05, 0) is 56.0 Å². The largest absolute Gasteiger partial charge is 0.491 e. The van der Waals surface area contributed by atoms with Gasteiger partial charge in [-0.3, -0.25) is 0 Å². The summed E-state index contributed by atoms with van der Waals surface area (Å²) >= 11 is 0. The van der Waals surface area contributed by atoms with Crippen LogP contribution in [0.3, 0.4) is 0 Å². The molecule has 128 valence electrons. The van der Waals surface area contributed by atoms with Crippen LogP contribution in [0.4, 0.5) is 0 Å². The Kier molecular flexibility index (Phi) is 6.27. The number of ether oxygens (including phenoxy) is 1. The second kappa shape index (κ2) is 8.86. The molecule has 0 radical (unpaired) electrons. The summed E-state index contributed by atoms with van der Waals surface area (Å²) in [6.07, 6.45) is 3.16. The zero-order valence-electron chi connectivity index (χ0n) is 14.2. The van der Waals surface area contributed by atoms with Gasteiger partial charge in [0.15, 0.2) is 0 Å². The summed E-state index contributed by atoms with van der Waals surface area (Å²) in [5.41, 5.74) is 1.44. The Bertz CT molecular complexity index is 579. The van der Waals surface area contributed by atoms with Gasteiger partial charge >= 0.3 is 0 Å². The summed E-state index contributed by atoms with van der Waals surface area (Å²) < 4.78 is 5.63. The standard InChI is InChI=1S/C21H27NO2/c23-20(17-24-21-9-5-2-6-10-21)16-22-13-11-19(12-14-22)15-18-7-3-1-4-8-18/h1-10,19-20,23H,11-17H2/t20-/m1/s1. The fraction of sp³-hybridized carbons (Fsp3) is 0.429. The molecule has 2 aromatic rings. The Labute approximate surface area is 144 Å².